The van der Waals surface area contributed by atoms with E-state index in [0.29, 0.717) is 0 Å². The van der Waals surface area contributed by atoms with E-state index in [2.05, 4.69) is 33.4 Å². The largest absolute Gasteiger partial charge is 0.0998 e. The first-order chi connectivity index (χ1) is 7.09. The minimum atomic E-state index is 0.765. The molecule has 4 unspecified atom stereocenters. The van der Waals surface area contributed by atoms with E-state index in [1.165, 1.54) is 31.3 Å². The van der Waals surface area contributed by atoms with E-state index >= 15 is 0 Å². The average Bonchev–Trinajstić information content (AvgIpc) is 2.17. The average molecular weight is 204 g/mol. The maximum Gasteiger partial charge on any atom is -0.0140 e. The van der Waals surface area contributed by atoms with Crippen LogP contribution in [0.5, 0.6) is 0 Å². The molecule has 4 atom stereocenters. The zero-order valence-corrected chi connectivity index (χ0v) is 10.4. The molecule has 84 valence electrons. The van der Waals surface area contributed by atoms with Crippen molar-refractivity contribution in [2.75, 3.05) is 0 Å². The zero-order chi connectivity index (χ0) is 11.0. The normalized spacial score (nSPS) is 40.6. The molecule has 2 rings (SSSR count). The van der Waals surface area contributed by atoms with Gasteiger partial charge in [0, 0.05) is 0 Å². The van der Waals surface area contributed by atoms with E-state index in [-0.39, 0.29) is 0 Å². The SMILES string of the molecule is C=C(C)C1CC=C(C)C2CCC(C)CC12. The van der Waals surface area contributed by atoms with Crippen molar-refractivity contribution < 1.29 is 0 Å². The smallest absolute Gasteiger partial charge is 0.0140 e. The fraction of sp³-hybridized carbons (Fsp3) is 0.733. The van der Waals surface area contributed by atoms with Crippen molar-refractivity contribution in [3.8, 4) is 0 Å². The Labute approximate surface area is 94.5 Å². The van der Waals surface area contributed by atoms with E-state index < -0.39 is 0 Å². The molecule has 0 radical (unpaired) electrons. The van der Waals surface area contributed by atoms with Gasteiger partial charge in [0.2, 0.25) is 0 Å². The lowest BCUT2D eigenvalue weighted by molar-refractivity contribution is 0.156. The van der Waals surface area contributed by atoms with Crippen molar-refractivity contribution in [2.24, 2.45) is 23.7 Å². The van der Waals surface area contributed by atoms with Gasteiger partial charge in [-0.3, -0.25) is 0 Å². The van der Waals surface area contributed by atoms with E-state index in [4.69, 9.17) is 0 Å². The molecule has 2 aliphatic carbocycles. The molecule has 0 heterocycles. The van der Waals surface area contributed by atoms with Crippen LogP contribution in [0.2, 0.25) is 0 Å². The zero-order valence-electron chi connectivity index (χ0n) is 10.4. The Hall–Kier alpha value is -0.520. The van der Waals surface area contributed by atoms with Gasteiger partial charge in [-0.15, -0.1) is 0 Å². The highest BCUT2D eigenvalue weighted by Gasteiger charge is 2.37. The van der Waals surface area contributed by atoms with Crippen LogP contribution in [0.3, 0.4) is 0 Å². The molecule has 0 amide bonds. The fourth-order valence-electron chi connectivity index (χ4n) is 3.64. The summed E-state index contributed by atoms with van der Waals surface area (Å²) in [5, 5.41) is 0. The summed E-state index contributed by atoms with van der Waals surface area (Å²) in [5.41, 5.74) is 3.06. The minimum Gasteiger partial charge on any atom is -0.0998 e. The summed E-state index contributed by atoms with van der Waals surface area (Å²) in [6, 6.07) is 0. The first kappa shape index (κ1) is 11.0. The van der Waals surface area contributed by atoms with Crippen molar-refractivity contribution in [3.63, 3.8) is 0 Å². The summed E-state index contributed by atoms with van der Waals surface area (Å²) in [6.45, 7) is 11.2. The van der Waals surface area contributed by atoms with Gasteiger partial charge in [-0.1, -0.05) is 37.1 Å². The number of fused-ring (bicyclic) bond motifs is 1. The summed E-state index contributed by atoms with van der Waals surface area (Å²) >= 11 is 0. The Morgan fingerprint density at radius 2 is 2.13 bits per heavy atom. The third kappa shape index (κ3) is 2.04. The Morgan fingerprint density at radius 3 is 2.80 bits per heavy atom. The Balaban J connectivity index is 2.21. The lowest BCUT2D eigenvalue weighted by Gasteiger charge is -2.43. The highest BCUT2D eigenvalue weighted by atomic mass is 14.4. The van der Waals surface area contributed by atoms with E-state index in [1.807, 2.05) is 0 Å². The molecule has 2 aliphatic rings. The van der Waals surface area contributed by atoms with Crippen molar-refractivity contribution in [3.05, 3.63) is 23.8 Å². The van der Waals surface area contributed by atoms with Crippen LogP contribution in [-0.2, 0) is 0 Å². The maximum atomic E-state index is 4.19. The van der Waals surface area contributed by atoms with E-state index in [9.17, 15) is 0 Å². The van der Waals surface area contributed by atoms with Gasteiger partial charge in [0.1, 0.15) is 0 Å². The van der Waals surface area contributed by atoms with Gasteiger partial charge in [-0.05, 0) is 56.8 Å². The Kier molecular flexibility index (Phi) is 3.04. The quantitative estimate of drug-likeness (QED) is 0.548. The van der Waals surface area contributed by atoms with Gasteiger partial charge < -0.3 is 0 Å². The van der Waals surface area contributed by atoms with Crippen LogP contribution < -0.4 is 0 Å². The molecule has 0 aliphatic heterocycles. The van der Waals surface area contributed by atoms with Crippen LogP contribution in [0.15, 0.2) is 23.8 Å². The second kappa shape index (κ2) is 4.15. The van der Waals surface area contributed by atoms with Gasteiger partial charge in [0.05, 0.1) is 0 Å². The molecule has 1 saturated carbocycles. The summed E-state index contributed by atoms with van der Waals surface area (Å²) in [4.78, 5) is 0. The monoisotopic (exact) mass is 204 g/mol. The van der Waals surface area contributed by atoms with Crippen LogP contribution in [0.25, 0.3) is 0 Å². The predicted molar refractivity (Wildman–Crippen MR) is 66.7 cm³/mol. The van der Waals surface area contributed by atoms with Gasteiger partial charge >= 0.3 is 0 Å². The topological polar surface area (TPSA) is 0 Å². The molecule has 0 heteroatoms. The van der Waals surface area contributed by atoms with Crippen LogP contribution in [-0.4, -0.2) is 0 Å². The highest BCUT2D eigenvalue weighted by Crippen LogP contribution is 2.47. The number of allylic oxidation sites excluding steroid dienone is 3. The predicted octanol–water partition coefficient (Wildman–Crippen LogP) is 4.58. The molecule has 1 fully saturated rings. The van der Waals surface area contributed by atoms with Gasteiger partial charge in [-0.2, -0.15) is 0 Å². The van der Waals surface area contributed by atoms with Crippen molar-refractivity contribution in [2.45, 2.75) is 46.5 Å². The molecule has 0 aromatic rings. The maximum absolute atomic E-state index is 4.19. The van der Waals surface area contributed by atoms with Crippen LogP contribution in [0, 0.1) is 23.7 Å². The van der Waals surface area contributed by atoms with Gasteiger partial charge in [0.15, 0.2) is 0 Å². The standard InChI is InChI=1S/C15H24/c1-10(2)13-8-6-12(4)14-7-5-11(3)9-15(13)14/h6,11,13-15H,1,5,7-9H2,2-4H3. The second-order valence-corrected chi connectivity index (χ2v) is 5.83. The third-order valence-electron chi connectivity index (χ3n) is 4.59. The molecule has 0 nitrogen and oxygen atoms in total. The Bertz CT molecular complexity index is 282. The first-order valence-electron chi connectivity index (χ1n) is 6.41. The fourth-order valence-corrected chi connectivity index (χ4v) is 3.64. The van der Waals surface area contributed by atoms with Crippen LogP contribution in [0.4, 0.5) is 0 Å². The number of hydrogen-bond acceptors (Lipinski definition) is 0. The Morgan fingerprint density at radius 1 is 1.40 bits per heavy atom. The first-order valence-corrected chi connectivity index (χ1v) is 6.41. The summed E-state index contributed by atoms with van der Waals surface area (Å²) in [7, 11) is 0. The van der Waals surface area contributed by atoms with Crippen LogP contribution in [0.1, 0.15) is 46.5 Å². The molecule has 0 N–H and O–H groups in total. The number of rotatable bonds is 1. The minimum absolute atomic E-state index is 0.765. The van der Waals surface area contributed by atoms with Gasteiger partial charge in [0.25, 0.3) is 0 Å². The molecule has 0 spiro atoms. The molecule has 15 heavy (non-hydrogen) atoms. The van der Waals surface area contributed by atoms with E-state index in [0.717, 1.165) is 23.7 Å². The number of hydrogen-bond donors (Lipinski definition) is 0. The van der Waals surface area contributed by atoms with Crippen molar-refractivity contribution in [1.29, 1.82) is 0 Å². The highest BCUT2D eigenvalue weighted by molar-refractivity contribution is 5.17. The third-order valence-corrected chi connectivity index (χ3v) is 4.59. The van der Waals surface area contributed by atoms with E-state index in [1.54, 1.807) is 5.57 Å². The molecule has 0 aromatic heterocycles. The van der Waals surface area contributed by atoms with Crippen LogP contribution >= 0.6 is 0 Å². The summed E-state index contributed by atoms with van der Waals surface area (Å²) in [5.74, 6) is 3.47. The summed E-state index contributed by atoms with van der Waals surface area (Å²) in [6.07, 6.45) is 7.98. The molecule has 0 saturated heterocycles. The van der Waals surface area contributed by atoms with Crippen molar-refractivity contribution >= 4 is 0 Å². The van der Waals surface area contributed by atoms with Gasteiger partial charge in [-0.25, -0.2) is 0 Å². The second-order valence-electron chi connectivity index (χ2n) is 5.83. The lowest BCUT2D eigenvalue weighted by Crippen LogP contribution is -2.33. The molecular formula is C15H24. The molecule has 0 bridgehead atoms. The summed E-state index contributed by atoms with van der Waals surface area (Å²) < 4.78 is 0. The van der Waals surface area contributed by atoms with Crippen molar-refractivity contribution in [1.82, 2.24) is 0 Å². The lowest BCUT2D eigenvalue weighted by atomic mass is 9.62. The molecule has 0 aromatic carbocycles. The molecular weight excluding hydrogens is 180 g/mol.